The molecule has 0 saturated heterocycles. The van der Waals surface area contributed by atoms with Crippen molar-refractivity contribution in [3.8, 4) is 11.5 Å². The summed E-state index contributed by atoms with van der Waals surface area (Å²) in [5.74, 6) is 0.390. The average molecular weight is 399 g/mol. The van der Waals surface area contributed by atoms with E-state index in [0.717, 1.165) is 29.7 Å². The second-order valence-electron chi connectivity index (χ2n) is 7.62. The first-order valence-corrected chi connectivity index (χ1v) is 9.74. The summed E-state index contributed by atoms with van der Waals surface area (Å²) in [4.78, 5) is 26.5. The summed E-state index contributed by atoms with van der Waals surface area (Å²) < 4.78 is 12.5. The minimum absolute atomic E-state index is 0.184. The van der Waals surface area contributed by atoms with Gasteiger partial charge in [0, 0.05) is 25.2 Å². The third-order valence-electron chi connectivity index (χ3n) is 5.76. The lowest BCUT2D eigenvalue weighted by atomic mass is 9.89. The number of ether oxygens (including phenoxy) is 2. The highest BCUT2D eigenvalue weighted by Gasteiger charge is 2.36. The molecule has 29 heavy (non-hydrogen) atoms. The van der Waals surface area contributed by atoms with Crippen molar-refractivity contribution in [1.82, 2.24) is 14.7 Å². The van der Waals surface area contributed by atoms with Crippen molar-refractivity contribution in [3.05, 3.63) is 40.7 Å². The Hall–Kier alpha value is -3.03. The molecular formula is C21H25N3O5. The smallest absolute Gasteiger partial charge is 0.305 e. The molecule has 0 radical (unpaired) electrons. The maximum Gasteiger partial charge on any atom is 0.305 e. The fraction of sp³-hybridized carbons (Fsp3) is 0.476. The largest absolute Gasteiger partial charge is 0.493 e. The highest BCUT2D eigenvalue weighted by atomic mass is 16.5. The molecule has 1 amide bonds. The lowest BCUT2D eigenvalue weighted by molar-refractivity contribution is -0.138. The molecule has 2 aliphatic rings. The molecule has 1 aromatic carbocycles. The first kappa shape index (κ1) is 19.3. The highest BCUT2D eigenvalue weighted by Crippen LogP contribution is 2.42. The number of fused-ring (bicyclic) bond motifs is 1. The predicted octanol–water partition coefficient (Wildman–Crippen LogP) is 2.53. The fourth-order valence-electron chi connectivity index (χ4n) is 4.15. The number of benzene rings is 1. The topological polar surface area (TPSA) is 93.9 Å². The van der Waals surface area contributed by atoms with E-state index in [4.69, 9.17) is 9.47 Å². The van der Waals surface area contributed by atoms with Gasteiger partial charge >= 0.3 is 5.97 Å². The molecule has 8 nitrogen and oxygen atoms in total. The summed E-state index contributed by atoms with van der Waals surface area (Å²) in [6.45, 7) is 0.425. The zero-order valence-electron chi connectivity index (χ0n) is 16.8. The Morgan fingerprint density at radius 2 is 1.86 bits per heavy atom. The van der Waals surface area contributed by atoms with Gasteiger partial charge < -0.3 is 19.5 Å². The number of methoxy groups -OCH3 is 2. The average Bonchev–Trinajstić information content (AvgIpc) is 3.47. The number of hydrogen-bond acceptors (Lipinski definition) is 5. The molecule has 1 aliphatic carbocycles. The minimum Gasteiger partial charge on any atom is -0.493 e. The molecule has 1 aliphatic heterocycles. The molecule has 4 rings (SSSR count). The quantitative estimate of drug-likeness (QED) is 0.802. The Labute approximate surface area is 169 Å². The van der Waals surface area contributed by atoms with E-state index in [0.29, 0.717) is 36.1 Å². The van der Waals surface area contributed by atoms with Crippen LogP contribution in [0.2, 0.25) is 0 Å². The lowest BCUT2D eigenvalue weighted by Gasteiger charge is -2.36. The molecule has 0 spiro atoms. The van der Waals surface area contributed by atoms with Gasteiger partial charge in [-0.25, -0.2) is 0 Å². The summed E-state index contributed by atoms with van der Waals surface area (Å²) >= 11 is 0. The van der Waals surface area contributed by atoms with Gasteiger partial charge in [-0.2, -0.15) is 5.10 Å². The van der Waals surface area contributed by atoms with E-state index in [9.17, 15) is 14.7 Å². The van der Waals surface area contributed by atoms with E-state index in [2.05, 4.69) is 5.10 Å². The van der Waals surface area contributed by atoms with Crippen LogP contribution in [0.5, 0.6) is 11.5 Å². The van der Waals surface area contributed by atoms with Crippen molar-refractivity contribution in [2.75, 3.05) is 20.8 Å². The Morgan fingerprint density at radius 3 is 2.48 bits per heavy atom. The Bertz CT molecular complexity index is 963. The number of hydrogen-bond donors (Lipinski definition) is 1. The second-order valence-corrected chi connectivity index (χ2v) is 7.62. The molecule has 0 bridgehead atoms. The van der Waals surface area contributed by atoms with Gasteiger partial charge in [0.1, 0.15) is 0 Å². The van der Waals surface area contributed by atoms with Crippen LogP contribution >= 0.6 is 0 Å². The molecule has 154 valence electrons. The SMILES string of the molecule is COc1cc2c(cc1OC)C(CC(=O)O)N(C(=O)c1cc(C3CC3)n(C)n1)CC2. The van der Waals surface area contributed by atoms with Crippen LogP contribution in [-0.4, -0.2) is 52.4 Å². The Balaban J connectivity index is 1.71. The monoisotopic (exact) mass is 399 g/mol. The Kier molecular flexibility index (Phi) is 4.94. The van der Waals surface area contributed by atoms with Crippen LogP contribution in [0.15, 0.2) is 18.2 Å². The van der Waals surface area contributed by atoms with E-state index >= 15 is 0 Å². The predicted molar refractivity (Wildman–Crippen MR) is 104 cm³/mol. The number of nitrogens with zero attached hydrogens (tertiary/aromatic N) is 3. The summed E-state index contributed by atoms with van der Waals surface area (Å²) in [5, 5.41) is 13.9. The third-order valence-corrected chi connectivity index (χ3v) is 5.76. The highest BCUT2D eigenvalue weighted by molar-refractivity contribution is 5.93. The summed E-state index contributed by atoms with van der Waals surface area (Å²) in [6.07, 6.45) is 2.66. The minimum atomic E-state index is -0.963. The number of carboxylic acids is 1. The molecule has 8 heteroatoms. The number of amides is 1. The van der Waals surface area contributed by atoms with E-state index in [1.807, 2.05) is 19.2 Å². The maximum absolute atomic E-state index is 13.3. The summed E-state index contributed by atoms with van der Waals surface area (Å²) in [7, 11) is 4.95. The number of aryl methyl sites for hydroxylation is 1. The van der Waals surface area contributed by atoms with Gasteiger partial charge in [0.15, 0.2) is 17.2 Å². The van der Waals surface area contributed by atoms with Crippen LogP contribution in [-0.2, 0) is 18.3 Å². The molecule has 2 heterocycles. The Morgan fingerprint density at radius 1 is 1.17 bits per heavy atom. The van der Waals surface area contributed by atoms with Gasteiger partial charge in [0.05, 0.1) is 26.7 Å². The molecule has 1 saturated carbocycles. The summed E-state index contributed by atoms with van der Waals surface area (Å²) in [5.41, 5.74) is 3.18. The maximum atomic E-state index is 13.3. The first-order valence-electron chi connectivity index (χ1n) is 9.74. The van der Waals surface area contributed by atoms with Crippen LogP contribution in [0, 0.1) is 0 Å². The molecular weight excluding hydrogens is 374 g/mol. The fourth-order valence-corrected chi connectivity index (χ4v) is 4.15. The van der Waals surface area contributed by atoms with E-state index in [1.165, 1.54) is 7.11 Å². The van der Waals surface area contributed by atoms with Gasteiger partial charge in [-0.3, -0.25) is 14.3 Å². The van der Waals surface area contributed by atoms with Gasteiger partial charge in [-0.1, -0.05) is 0 Å². The van der Waals surface area contributed by atoms with Crippen LogP contribution in [0.3, 0.4) is 0 Å². The molecule has 1 atom stereocenters. The molecule has 1 fully saturated rings. The second kappa shape index (κ2) is 7.42. The van der Waals surface area contributed by atoms with Crippen molar-refractivity contribution >= 4 is 11.9 Å². The van der Waals surface area contributed by atoms with Gasteiger partial charge in [0.25, 0.3) is 5.91 Å². The van der Waals surface area contributed by atoms with Gasteiger partial charge in [-0.15, -0.1) is 0 Å². The van der Waals surface area contributed by atoms with Crippen molar-refractivity contribution in [2.24, 2.45) is 7.05 Å². The molecule has 2 aromatic rings. The van der Waals surface area contributed by atoms with E-state index in [1.54, 1.807) is 22.8 Å². The molecule has 1 N–H and O–H groups in total. The zero-order valence-corrected chi connectivity index (χ0v) is 16.8. The first-order chi connectivity index (χ1) is 13.9. The van der Waals surface area contributed by atoms with Crippen molar-refractivity contribution in [2.45, 2.75) is 37.6 Å². The number of aromatic nitrogens is 2. The van der Waals surface area contributed by atoms with Crippen molar-refractivity contribution < 1.29 is 24.2 Å². The van der Waals surface area contributed by atoms with Crippen molar-refractivity contribution in [3.63, 3.8) is 0 Å². The van der Waals surface area contributed by atoms with Crippen molar-refractivity contribution in [1.29, 1.82) is 0 Å². The van der Waals surface area contributed by atoms with Gasteiger partial charge in [-0.05, 0) is 48.6 Å². The van der Waals surface area contributed by atoms with Gasteiger partial charge in [0.2, 0.25) is 0 Å². The zero-order chi connectivity index (χ0) is 20.7. The van der Waals surface area contributed by atoms with E-state index < -0.39 is 12.0 Å². The lowest BCUT2D eigenvalue weighted by Crippen LogP contribution is -2.41. The standard InChI is InChI=1S/C21H25N3O5/c1-23-16(12-4-5-12)10-15(22-23)21(27)24-7-6-13-8-18(28-2)19(29-3)9-14(13)17(24)11-20(25)26/h8-10,12,17H,4-7,11H2,1-3H3,(H,25,26). The van der Waals surface area contributed by atoms with Crippen LogP contribution in [0.25, 0.3) is 0 Å². The van der Waals surface area contributed by atoms with Crippen LogP contribution in [0.1, 0.15) is 58.5 Å². The van der Waals surface area contributed by atoms with E-state index in [-0.39, 0.29) is 12.3 Å². The molecule has 1 unspecified atom stereocenters. The number of carboxylic acid groups (broad SMARTS) is 1. The number of aliphatic carboxylic acids is 1. The van der Waals surface area contributed by atoms with Crippen LogP contribution < -0.4 is 9.47 Å². The van der Waals surface area contributed by atoms with Crippen LogP contribution in [0.4, 0.5) is 0 Å². The summed E-state index contributed by atoms with van der Waals surface area (Å²) in [6, 6.07) is 4.92. The number of carbonyl (C=O) groups is 2. The third kappa shape index (κ3) is 3.54. The number of rotatable bonds is 6. The normalized spacial score (nSPS) is 18.3. The number of carbonyl (C=O) groups excluding carboxylic acids is 1. The molecule has 1 aromatic heterocycles.